The minimum atomic E-state index is -0.458. The lowest BCUT2D eigenvalue weighted by Crippen LogP contribution is -2.30. The molecule has 0 aliphatic carbocycles. The van der Waals surface area contributed by atoms with Gasteiger partial charge in [-0.3, -0.25) is 14.4 Å². The van der Waals surface area contributed by atoms with Gasteiger partial charge >= 0.3 is 0 Å². The van der Waals surface area contributed by atoms with Crippen LogP contribution in [0.4, 0.5) is 11.4 Å². The summed E-state index contributed by atoms with van der Waals surface area (Å²) in [6.07, 6.45) is 1.62. The highest BCUT2D eigenvalue weighted by atomic mass is 79.9. The molecule has 3 N–H and O–H groups in total. The summed E-state index contributed by atoms with van der Waals surface area (Å²) in [6, 6.07) is 30.9. The van der Waals surface area contributed by atoms with E-state index in [0.717, 1.165) is 26.2 Å². The second-order valence-electron chi connectivity index (χ2n) is 8.61. The highest BCUT2D eigenvalue weighted by Crippen LogP contribution is 2.21. The van der Waals surface area contributed by atoms with Crippen molar-refractivity contribution in [2.45, 2.75) is 11.8 Å². The van der Waals surface area contributed by atoms with E-state index in [9.17, 15) is 14.4 Å². The van der Waals surface area contributed by atoms with Crippen molar-refractivity contribution < 1.29 is 14.4 Å². The van der Waals surface area contributed by atoms with E-state index in [1.165, 1.54) is 11.8 Å². The summed E-state index contributed by atoms with van der Waals surface area (Å²) in [5.74, 6) is -0.687. The van der Waals surface area contributed by atoms with Gasteiger partial charge in [0.1, 0.15) is 5.70 Å². The quantitative estimate of drug-likeness (QED) is 0.144. The van der Waals surface area contributed by atoms with E-state index in [1.807, 2.05) is 73.7 Å². The normalized spacial score (nSPS) is 11.0. The molecule has 0 aromatic heterocycles. The topological polar surface area (TPSA) is 87.3 Å². The number of hydrogen-bond donors (Lipinski definition) is 3. The molecule has 8 heteroatoms. The predicted molar refractivity (Wildman–Crippen MR) is 162 cm³/mol. The maximum Gasteiger partial charge on any atom is 0.272 e. The molecule has 0 fully saturated rings. The standard InChI is InChI=1S/C31H26BrN3O3S/c1-21-7-13-25(14-8-21)33-29(36)20-39-27-17-15-26(16-18-27)34-31(38)28(19-22-9-11-24(32)12-10-22)35-30(37)23-5-3-2-4-6-23/h2-19H,20H2,1H3,(H,33,36)(H,34,38)(H,35,37)/b28-19-. The largest absolute Gasteiger partial charge is 0.325 e. The summed E-state index contributed by atoms with van der Waals surface area (Å²) in [5.41, 5.74) is 3.76. The molecule has 196 valence electrons. The van der Waals surface area contributed by atoms with Crippen LogP contribution < -0.4 is 16.0 Å². The summed E-state index contributed by atoms with van der Waals surface area (Å²) < 4.78 is 0.907. The first-order valence-electron chi connectivity index (χ1n) is 12.1. The fraction of sp³-hybridized carbons (Fsp3) is 0.0645. The van der Waals surface area contributed by atoms with Gasteiger partial charge in [0.2, 0.25) is 5.91 Å². The predicted octanol–water partition coefficient (Wildman–Crippen LogP) is 6.90. The van der Waals surface area contributed by atoms with Crippen LogP contribution in [-0.4, -0.2) is 23.5 Å². The van der Waals surface area contributed by atoms with Crippen LogP contribution >= 0.6 is 27.7 Å². The zero-order valence-electron chi connectivity index (χ0n) is 21.1. The average molecular weight is 601 g/mol. The van der Waals surface area contributed by atoms with Gasteiger partial charge in [0.05, 0.1) is 5.75 Å². The molecule has 4 rings (SSSR count). The Hall–Kier alpha value is -4.14. The number of nitrogens with one attached hydrogen (secondary N) is 3. The third-order valence-electron chi connectivity index (χ3n) is 5.53. The molecule has 0 unspecified atom stereocenters. The van der Waals surface area contributed by atoms with Gasteiger partial charge in [0, 0.05) is 26.3 Å². The second kappa shape index (κ2) is 13.6. The van der Waals surface area contributed by atoms with Crippen molar-refractivity contribution in [3.05, 3.63) is 130 Å². The molecule has 0 saturated heterocycles. The van der Waals surface area contributed by atoms with E-state index in [-0.39, 0.29) is 23.3 Å². The van der Waals surface area contributed by atoms with Crippen LogP contribution in [0, 0.1) is 6.92 Å². The third kappa shape index (κ3) is 8.70. The number of aryl methyl sites for hydroxylation is 1. The third-order valence-corrected chi connectivity index (χ3v) is 7.07. The van der Waals surface area contributed by atoms with Gasteiger partial charge in [-0.05, 0) is 79.2 Å². The van der Waals surface area contributed by atoms with E-state index in [1.54, 1.807) is 42.5 Å². The molecule has 0 aliphatic heterocycles. The Morgan fingerprint density at radius 3 is 2.05 bits per heavy atom. The second-order valence-corrected chi connectivity index (χ2v) is 10.6. The SMILES string of the molecule is Cc1ccc(NC(=O)CSc2ccc(NC(=O)/C(=C/c3ccc(Br)cc3)NC(=O)c3ccccc3)cc2)cc1. The van der Waals surface area contributed by atoms with Crippen molar-refractivity contribution in [3.8, 4) is 0 Å². The molecule has 0 atom stereocenters. The number of amides is 3. The van der Waals surface area contributed by atoms with E-state index < -0.39 is 5.91 Å². The first-order chi connectivity index (χ1) is 18.9. The molecule has 6 nitrogen and oxygen atoms in total. The number of hydrogen-bond acceptors (Lipinski definition) is 4. The van der Waals surface area contributed by atoms with Crippen LogP contribution in [0.15, 0.2) is 118 Å². The Bertz CT molecular complexity index is 1470. The zero-order valence-corrected chi connectivity index (χ0v) is 23.5. The fourth-order valence-electron chi connectivity index (χ4n) is 3.48. The van der Waals surface area contributed by atoms with Gasteiger partial charge in [0.15, 0.2) is 0 Å². The van der Waals surface area contributed by atoms with Crippen LogP contribution in [0.5, 0.6) is 0 Å². The van der Waals surface area contributed by atoms with Crippen molar-refractivity contribution in [2.24, 2.45) is 0 Å². The van der Waals surface area contributed by atoms with Gasteiger partial charge < -0.3 is 16.0 Å². The van der Waals surface area contributed by atoms with E-state index in [2.05, 4.69) is 31.9 Å². The molecule has 3 amide bonds. The van der Waals surface area contributed by atoms with E-state index in [4.69, 9.17) is 0 Å². The number of rotatable bonds is 9. The van der Waals surface area contributed by atoms with Gasteiger partial charge in [-0.2, -0.15) is 0 Å². The van der Waals surface area contributed by atoms with Gasteiger partial charge in [-0.15, -0.1) is 11.8 Å². The average Bonchev–Trinajstić information content (AvgIpc) is 2.95. The number of anilines is 2. The molecule has 0 aliphatic rings. The van der Waals surface area contributed by atoms with Crippen molar-refractivity contribution in [1.29, 1.82) is 0 Å². The molecule has 4 aromatic carbocycles. The number of benzene rings is 4. The maximum atomic E-state index is 13.2. The number of carbonyl (C=O) groups excluding carboxylic acids is 3. The lowest BCUT2D eigenvalue weighted by molar-refractivity contribution is -0.114. The van der Waals surface area contributed by atoms with Gasteiger partial charge in [-0.25, -0.2) is 0 Å². The van der Waals surface area contributed by atoms with E-state index >= 15 is 0 Å². The summed E-state index contributed by atoms with van der Waals surface area (Å²) in [7, 11) is 0. The maximum absolute atomic E-state index is 13.2. The number of carbonyl (C=O) groups is 3. The highest BCUT2D eigenvalue weighted by Gasteiger charge is 2.15. The zero-order chi connectivity index (χ0) is 27.6. The first kappa shape index (κ1) is 27.9. The lowest BCUT2D eigenvalue weighted by Gasteiger charge is -2.12. The minimum Gasteiger partial charge on any atom is -0.325 e. The van der Waals surface area contributed by atoms with E-state index in [0.29, 0.717) is 11.3 Å². The number of thioether (sulfide) groups is 1. The van der Waals surface area contributed by atoms with Crippen LogP contribution in [0.3, 0.4) is 0 Å². The Labute approximate surface area is 240 Å². The van der Waals surface area contributed by atoms with Gasteiger partial charge in [0.25, 0.3) is 11.8 Å². The van der Waals surface area contributed by atoms with Crippen LogP contribution in [0.1, 0.15) is 21.5 Å². The van der Waals surface area contributed by atoms with Crippen molar-refractivity contribution in [1.82, 2.24) is 5.32 Å². The molecule has 0 bridgehead atoms. The summed E-state index contributed by atoms with van der Waals surface area (Å²) in [6.45, 7) is 1.99. The van der Waals surface area contributed by atoms with Crippen molar-refractivity contribution in [2.75, 3.05) is 16.4 Å². The molecular weight excluding hydrogens is 574 g/mol. The molecule has 0 heterocycles. The van der Waals surface area contributed by atoms with Crippen LogP contribution in [-0.2, 0) is 9.59 Å². The molecule has 0 spiro atoms. The minimum absolute atomic E-state index is 0.0990. The van der Waals surface area contributed by atoms with Crippen LogP contribution in [0.25, 0.3) is 6.08 Å². The van der Waals surface area contributed by atoms with Crippen molar-refractivity contribution >= 4 is 62.9 Å². The molecule has 4 aromatic rings. The van der Waals surface area contributed by atoms with Crippen molar-refractivity contribution in [3.63, 3.8) is 0 Å². The Kier molecular flexibility index (Phi) is 9.72. The molecular formula is C31H26BrN3O3S. The molecule has 0 saturated carbocycles. The Balaban J connectivity index is 1.39. The summed E-state index contributed by atoms with van der Waals surface area (Å²) >= 11 is 4.80. The Morgan fingerprint density at radius 2 is 1.38 bits per heavy atom. The smallest absolute Gasteiger partial charge is 0.272 e. The number of halogens is 1. The fourth-order valence-corrected chi connectivity index (χ4v) is 4.45. The van der Waals surface area contributed by atoms with Gasteiger partial charge in [-0.1, -0.05) is 64.0 Å². The molecule has 39 heavy (non-hydrogen) atoms. The molecule has 0 radical (unpaired) electrons. The first-order valence-corrected chi connectivity index (χ1v) is 13.9. The lowest BCUT2D eigenvalue weighted by atomic mass is 10.1. The monoisotopic (exact) mass is 599 g/mol. The summed E-state index contributed by atoms with van der Waals surface area (Å²) in [4.78, 5) is 39.1. The van der Waals surface area contributed by atoms with Crippen LogP contribution in [0.2, 0.25) is 0 Å². The Morgan fingerprint density at radius 1 is 0.769 bits per heavy atom. The summed E-state index contributed by atoms with van der Waals surface area (Å²) in [5, 5.41) is 8.45. The highest BCUT2D eigenvalue weighted by molar-refractivity contribution is 9.10.